The minimum atomic E-state index is -0.481. The first-order valence-electron chi connectivity index (χ1n) is 9.45. The molecule has 0 bridgehead atoms. The van der Waals surface area contributed by atoms with Gasteiger partial charge >= 0.3 is 5.69 Å². The average Bonchev–Trinajstić information content (AvgIpc) is 3.06. The first kappa shape index (κ1) is 20.5. The molecule has 0 unspecified atom stereocenters. The van der Waals surface area contributed by atoms with Crippen molar-refractivity contribution in [1.29, 1.82) is 0 Å². The van der Waals surface area contributed by atoms with Crippen molar-refractivity contribution in [2.45, 2.75) is 20.4 Å². The average molecular weight is 437 g/mol. The number of thiophene rings is 1. The van der Waals surface area contributed by atoms with Crippen molar-refractivity contribution in [1.82, 2.24) is 9.13 Å². The molecule has 158 valence electrons. The van der Waals surface area contributed by atoms with Crippen molar-refractivity contribution in [3.8, 4) is 11.4 Å². The maximum Gasteiger partial charge on any atom is 0.337 e. The molecule has 2 aromatic carbocycles. The molecule has 31 heavy (non-hydrogen) atoms. The van der Waals surface area contributed by atoms with Gasteiger partial charge in [0, 0.05) is 23.1 Å². The summed E-state index contributed by atoms with van der Waals surface area (Å²) >= 11 is 1.39. The van der Waals surface area contributed by atoms with E-state index in [1.807, 2.05) is 13.8 Å². The fraction of sp³-hybridized carbons (Fsp3) is 0.182. The van der Waals surface area contributed by atoms with Gasteiger partial charge < -0.3 is 4.74 Å². The van der Waals surface area contributed by atoms with Crippen molar-refractivity contribution in [3.63, 3.8) is 0 Å². The second-order valence-electron chi connectivity index (χ2n) is 7.10. The summed E-state index contributed by atoms with van der Waals surface area (Å²) in [6, 6.07) is 12.8. The van der Waals surface area contributed by atoms with Gasteiger partial charge in [-0.1, -0.05) is 18.2 Å². The smallest absolute Gasteiger partial charge is 0.337 e. The van der Waals surface area contributed by atoms with Crippen LogP contribution in [-0.2, 0) is 6.54 Å². The van der Waals surface area contributed by atoms with Crippen molar-refractivity contribution in [2.75, 3.05) is 7.11 Å². The molecule has 0 saturated carbocycles. The third kappa shape index (κ3) is 3.53. The lowest BCUT2D eigenvalue weighted by Gasteiger charge is -2.13. The lowest BCUT2D eigenvalue weighted by molar-refractivity contribution is -0.384. The zero-order chi connectivity index (χ0) is 22.3. The molecule has 0 aliphatic heterocycles. The lowest BCUT2D eigenvalue weighted by atomic mass is 10.2. The summed E-state index contributed by atoms with van der Waals surface area (Å²) in [4.78, 5) is 38.8. The van der Waals surface area contributed by atoms with Crippen LogP contribution < -0.4 is 16.0 Å². The maximum absolute atomic E-state index is 13.5. The Balaban J connectivity index is 1.98. The number of hydrogen-bond donors (Lipinski definition) is 0. The van der Waals surface area contributed by atoms with Crippen molar-refractivity contribution in [2.24, 2.45) is 0 Å². The standard InChI is InChI=1S/C22H19N3O5S/c1-13-14(2)31-21-19(13)20(26)24(17-5-4-6-18(11-17)30-3)22(27)23(21)12-15-7-9-16(10-8-15)25(28)29/h4-11H,12H2,1-3H3. The Bertz CT molecular complexity index is 1430. The number of rotatable bonds is 5. The molecule has 4 aromatic rings. The SMILES string of the molecule is COc1cccc(-n2c(=O)c3c(C)c(C)sc3n(Cc3ccc([N+](=O)[O-])cc3)c2=O)c1. The van der Waals surface area contributed by atoms with E-state index >= 15 is 0 Å². The zero-order valence-corrected chi connectivity index (χ0v) is 17.9. The van der Waals surface area contributed by atoms with Crippen LogP contribution in [0.25, 0.3) is 15.9 Å². The van der Waals surface area contributed by atoms with E-state index in [1.54, 1.807) is 41.0 Å². The fourth-order valence-electron chi connectivity index (χ4n) is 3.48. The van der Waals surface area contributed by atoms with Gasteiger partial charge in [-0.15, -0.1) is 11.3 Å². The van der Waals surface area contributed by atoms with Crippen LogP contribution >= 0.6 is 11.3 Å². The van der Waals surface area contributed by atoms with E-state index in [1.165, 1.54) is 30.6 Å². The van der Waals surface area contributed by atoms with Crippen molar-refractivity contribution < 1.29 is 9.66 Å². The number of nitro groups is 1. The van der Waals surface area contributed by atoms with E-state index in [-0.39, 0.29) is 17.8 Å². The van der Waals surface area contributed by atoms with Gasteiger partial charge in [0.05, 0.1) is 29.7 Å². The van der Waals surface area contributed by atoms with Crippen LogP contribution in [0, 0.1) is 24.0 Å². The van der Waals surface area contributed by atoms with Crippen molar-refractivity contribution >= 4 is 27.2 Å². The molecule has 0 amide bonds. The second kappa shape index (κ2) is 7.84. The minimum absolute atomic E-state index is 0.0228. The number of fused-ring (bicyclic) bond motifs is 1. The molecular weight excluding hydrogens is 418 g/mol. The first-order valence-corrected chi connectivity index (χ1v) is 10.3. The van der Waals surface area contributed by atoms with Crippen LogP contribution in [0.3, 0.4) is 0 Å². The van der Waals surface area contributed by atoms with Crippen LogP contribution in [0.1, 0.15) is 16.0 Å². The highest BCUT2D eigenvalue weighted by Crippen LogP contribution is 2.28. The number of nitrogens with zero attached hydrogens (tertiary/aromatic N) is 3. The van der Waals surface area contributed by atoms with E-state index in [0.717, 1.165) is 15.0 Å². The largest absolute Gasteiger partial charge is 0.497 e. The Morgan fingerprint density at radius 1 is 1.10 bits per heavy atom. The summed E-state index contributed by atoms with van der Waals surface area (Å²) in [5, 5.41) is 11.4. The molecule has 2 heterocycles. The molecule has 8 nitrogen and oxygen atoms in total. The van der Waals surface area contributed by atoms with Crippen LogP contribution in [0.2, 0.25) is 0 Å². The van der Waals surface area contributed by atoms with E-state index in [0.29, 0.717) is 27.2 Å². The summed E-state index contributed by atoms with van der Waals surface area (Å²) in [7, 11) is 1.52. The van der Waals surface area contributed by atoms with Gasteiger partial charge in [0.25, 0.3) is 11.2 Å². The van der Waals surface area contributed by atoms with Gasteiger partial charge in [-0.2, -0.15) is 0 Å². The van der Waals surface area contributed by atoms with Gasteiger partial charge in [0.1, 0.15) is 10.6 Å². The van der Waals surface area contributed by atoms with Gasteiger partial charge in [-0.25, -0.2) is 9.36 Å². The number of ether oxygens (including phenoxy) is 1. The third-order valence-corrected chi connectivity index (χ3v) is 6.48. The predicted octanol–water partition coefficient (Wildman–Crippen LogP) is 3.80. The number of nitro benzene ring substituents is 1. The summed E-state index contributed by atoms with van der Waals surface area (Å²) < 4.78 is 7.94. The normalized spacial score (nSPS) is 11.1. The Morgan fingerprint density at radius 3 is 2.45 bits per heavy atom. The van der Waals surface area contributed by atoms with Crippen LogP contribution in [-0.4, -0.2) is 21.2 Å². The molecule has 0 N–H and O–H groups in total. The Kier molecular flexibility index (Phi) is 5.20. The molecule has 0 atom stereocenters. The van der Waals surface area contributed by atoms with E-state index in [9.17, 15) is 19.7 Å². The Morgan fingerprint density at radius 2 is 1.81 bits per heavy atom. The first-order chi connectivity index (χ1) is 14.8. The maximum atomic E-state index is 13.5. The summed E-state index contributed by atoms with van der Waals surface area (Å²) in [6.45, 7) is 3.96. The molecule has 0 saturated heterocycles. The summed E-state index contributed by atoms with van der Waals surface area (Å²) in [6.07, 6.45) is 0. The fourth-order valence-corrected chi connectivity index (χ4v) is 4.62. The van der Waals surface area contributed by atoms with E-state index < -0.39 is 10.6 Å². The highest BCUT2D eigenvalue weighted by atomic mass is 32.1. The van der Waals surface area contributed by atoms with Crippen molar-refractivity contribution in [3.05, 3.63) is 95.5 Å². The number of aromatic nitrogens is 2. The second-order valence-corrected chi connectivity index (χ2v) is 8.30. The molecule has 0 spiro atoms. The molecule has 2 aromatic heterocycles. The van der Waals surface area contributed by atoms with Gasteiger partial charge in [-0.05, 0) is 37.1 Å². The number of methoxy groups -OCH3 is 1. The molecule has 0 radical (unpaired) electrons. The molecule has 0 fully saturated rings. The van der Waals surface area contributed by atoms with E-state index in [4.69, 9.17) is 4.74 Å². The van der Waals surface area contributed by atoms with Gasteiger partial charge in [0.2, 0.25) is 0 Å². The summed E-state index contributed by atoms with van der Waals surface area (Å²) in [5.74, 6) is 0.532. The van der Waals surface area contributed by atoms with Crippen LogP contribution in [0.4, 0.5) is 5.69 Å². The third-order valence-electron chi connectivity index (χ3n) is 5.25. The van der Waals surface area contributed by atoms with Crippen LogP contribution in [0.5, 0.6) is 5.75 Å². The number of non-ortho nitro benzene ring substituents is 1. The van der Waals surface area contributed by atoms with Gasteiger partial charge in [-0.3, -0.25) is 19.5 Å². The topological polar surface area (TPSA) is 96.4 Å². The minimum Gasteiger partial charge on any atom is -0.497 e. The van der Waals surface area contributed by atoms with E-state index in [2.05, 4.69) is 0 Å². The quantitative estimate of drug-likeness (QED) is 0.350. The molecule has 0 aliphatic rings. The Hall–Kier alpha value is -3.72. The highest BCUT2D eigenvalue weighted by molar-refractivity contribution is 7.18. The van der Waals surface area contributed by atoms with Gasteiger partial charge in [0.15, 0.2) is 0 Å². The Labute approximate surface area is 180 Å². The molecule has 9 heteroatoms. The molecule has 4 rings (SSSR count). The summed E-state index contributed by atoms with van der Waals surface area (Å²) in [5.41, 5.74) is 1.08. The number of hydrogen-bond acceptors (Lipinski definition) is 6. The predicted molar refractivity (Wildman–Crippen MR) is 120 cm³/mol. The van der Waals surface area contributed by atoms with Crippen LogP contribution in [0.15, 0.2) is 58.1 Å². The lowest BCUT2D eigenvalue weighted by Crippen LogP contribution is -2.38. The monoisotopic (exact) mass is 437 g/mol. The zero-order valence-electron chi connectivity index (χ0n) is 17.1. The molecule has 0 aliphatic carbocycles. The molecular formula is C22H19N3O5S. The number of benzene rings is 2. The number of aryl methyl sites for hydroxylation is 2. The highest BCUT2D eigenvalue weighted by Gasteiger charge is 2.20.